The van der Waals surface area contributed by atoms with Crippen LogP contribution < -0.4 is 15.9 Å². The number of hydrogen-bond acceptors (Lipinski definition) is 6. The van der Waals surface area contributed by atoms with Gasteiger partial charge in [0.05, 0.1) is 12.3 Å². The van der Waals surface area contributed by atoms with E-state index in [1.807, 2.05) is 0 Å². The van der Waals surface area contributed by atoms with Gasteiger partial charge in [0.1, 0.15) is 12.7 Å². The SMILES string of the molecule is COCCOc1c(F)cc(N/N=C(\C#N)C(=N)N)cc1F. The summed E-state index contributed by atoms with van der Waals surface area (Å²) in [6.07, 6.45) is 0. The summed E-state index contributed by atoms with van der Waals surface area (Å²) in [6.45, 7) is 0.186. The maximum Gasteiger partial charge on any atom is 0.201 e. The summed E-state index contributed by atoms with van der Waals surface area (Å²) in [5.74, 6) is -2.98. The second kappa shape index (κ2) is 7.76. The van der Waals surface area contributed by atoms with Crippen LogP contribution >= 0.6 is 0 Å². The zero-order chi connectivity index (χ0) is 15.8. The number of hydrazone groups is 1. The van der Waals surface area contributed by atoms with E-state index >= 15 is 0 Å². The minimum Gasteiger partial charge on any atom is -0.485 e. The van der Waals surface area contributed by atoms with Crippen LogP contribution in [0.3, 0.4) is 0 Å². The number of amidine groups is 1. The molecule has 0 radical (unpaired) electrons. The summed E-state index contributed by atoms with van der Waals surface area (Å²) in [5.41, 5.74) is 6.85. The summed E-state index contributed by atoms with van der Waals surface area (Å²) >= 11 is 0. The molecule has 21 heavy (non-hydrogen) atoms. The summed E-state index contributed by atoms with van der Waals surface area (Å²) in [6, 6.07) is 3.43. The van der Waals surface area contributed by atoms with Crippen LogP contribution in [0.5, 0.6) is 5.75 Å². The van der Waals surface area contributed by atoms with Crippen molar-refractivity contribution in [2.45, 2.75) is 0 Å². The van der Waals surface area contributed by atoms with E-state index < -0.39 is 28.9 Å². The Morgan fingerprint density at radius 1 is 1.43 bits per heavy atom. The molecule has 1 rings (SSSR count). The first-order valence-electron chi connectivity index (χ1n) is 5.68. The van der Waals surface area contributed by atoms with E-state index in [-0.39, 0.29) is 18.9 Å². The van der Waals surface area contributed by atoms with Gasteiger partial charge in [-0.3, -0.25) is 10.8 Å². The van der Waals surface area contributed by atoms with Crippen LogP contribution in [0.25, 0.3) is 0 Å². The van der Waals surface area contributed by atoms with Gasteiger partial charge in [0.15, 0.2) is 23.2 Å². The third-order valence-corrected chi connectivity index (χ3v) is 2.19. The van der Waals surface area contributed by atoms with Crippen LogP contribution in [0.1, 0.15) is 0 Å². The van der Waals surface area contributed by atoms with Crippen molar-refractivity contribution in [2.24, 2.45) is 10.8 Å². The molecule has 7 nitrogen and oxygen atoms in total. The first-order chi connectivity index (χ1) is 9.99. The van der Waals surface area contributed by atoms with Crippen molar-refractivity contribution in [1.82, 2.24) is 0 Å². The zero-order valence-corrected chi connectivity index (χ0v) is 11.1. The quantitative estimate of drug-likeness (QED) is 0.303. The van der Waals surface area contributed by atoms with Gasteiger partial charge in [0.25, 0.3) is 0 Å². The topological polar surface area (TPSA) is 117 Å². The predicted molar refractivity (Wildman–Crippen MR) is 72.3 cm³/mol. The lowest BCUT2D eigenvalue weighted by atomic mass is 10.3. The van der Waals surface area contributed by atoms with Crippen molar-refractivity contribution in [1.29, 1.82) is 10.7 Å². The van der Waals surface area contributed by atoms with Crippen LogP contribution in [0, 0.1) is 28.4 Å². The molecule has 0 amide bonds. The number of nitriles is 1. The molecule has 0 unspecified atom stereocenters. The van der Waals surface area contributed by atoms with Crippen molar-refractivity contribution in [3.8, 4) is 11.8 Å². The van der Waals surface area contributed by atoms with Gasteiger partial charge in [-0.25, -0.2) is 8.78 Å². The number of anilines is 1. The Balaban J connectivity index is 2.88. The van der Waals surface area contributed by atoms with Crippen molar-refractivity contribution >= 4 is 17.2 Å². The highest BCUT2D eigenvalue weighted by Gasteiger charge is 2.13. The minimum absolute atomic E-state index is 0.00180. The Kier molecular flexibility index (Phi) is 6.03. The molecule has 112 valence electrons. The Morgan fingerprint density at radius 3 is 2.52 bits per heavy atom. The first kappa shape index (κ1) is 16.3. The number of nitrogens with one attached hydrogen (secondary N) is 2. The van der Waals surface area contributed by atoms with E-state index in [1.54, 1.807) is 6.07 Å². The van der Waals surface area contributed by atoms with E-state index in [0.29, 0.717) is 0 Å². The van der Waals surface area contributed by atoms with Crippen molar-refractivity contribution < 1.29 is 18.3 Å². The number of nitrogens with two attached hydrogens (primary N) is 1. The van der Waals surface area contributed by atoms with Gasteiger partial charge in [-0.05, 0) is 0 Å². The van der Waals surface area contributed by atoms with E-state index in [2.05, 4.69) is 10.5 Å². The molecule has 1 aromatic carbocycles. The van der Waals surface area contributed by atoms with Gasteiger partial charge < -0.3 is 15.2 Å². The summed E-state index contributed by atoms with van der Waals surface area (Å²) in [5, 5.41) is 19.1. The second-order valence-electron chi connectivity index (χ2n) is 3.71. The second-order valence-corrected chi connectivity index (χ2v) is 3.71. The Hall–Kier alpha value is -2.73. The number of methoxy groups -OCH3 is 1. The fourth-order valence-electron chi connectivity index (χ4n) is 1.26. The highest BCUT2D eigenvalue weighted by molar-refractivity contribution is 6.45. The van der Waals surface area contributed by atoms with Gasteiger partial charge in [0.2, 0.25) is 5.71 Å². The smallest absolute Gasteiger partial charge is 0.201 e. The lowest BCUT2D eigenvalue weighted by Crippen LogP contribution is -2.21. The van der Waals surface area contributed by atoms with Gasteiger partial charge >= 0.3 is 0 Å². The van der Waals surface area contributed by atoms with Crippen LogP contribution in [0.4, 0.5) is 14.5 Å². The average molecular weight is 297 g/mol. The molecule has 0 atom stereocenters. The highest BCUT2D eigenvalue weighted by Crippen LogP contribution is 2.25. The molecule has 4 N–H and O–H groups in total. The first-order valence-corrected chi connectivity index (χ1v) is 5.68. The monoisotopic (exact) mass is 297 g/mol. The molecule has 1 aromatic rings. The molecule has 0 aliphatic carbocycles. The number of hydrogen-bond donors (Lipinski definition) is 3. The molecule has 0 bridgehead atoms. The van der Waals surface area contributed by atoms with E-state index in [4.69, 9.17) is 25.9 Å². The van der Waals surface area contributed by atoms with Crippen LogP contribution in [-0.4, -0.2) is 31.9 Å². The fourth-order valence-corrected chi connectivity index (χ4v) is 1.26. The highest BCUT2D eigenvalue weighted by atomic mass is 19.1. The Labute approximate surface area is 119 Å². The number of halogens is 2. The summed E-state index contributed by atoms with van der Waals surface area (Å²) < 4.78 is 37.0. The molecule has 9 heteroatoms. The Bertz CT molecular complexity index is 575. The summed E-state index contributed by atoms with van der Waals surface area (Å²) in [7, 11) is 1.43. The third-order valence-electron chi connectivity index (χ3n) is 2.19. The van der Waals surface area contributed by atoms with Crippen LogP contribution in [-0.2, 0) is 4.74 Å². The normalized spacial score (nSPS) is 10.9. The molecule has 0 aliphatic heterocycles. The number of ether oxygens (including phenoxy) is 2. The van der Waals surface area contributed by atoms with Gasteiger partial charge in [-0.1, -0.05) is 0 Å². The van der Waals surface area contributed by atoms with Crippen LogP contribution in [0.15, 0.2) is 17.2 Å². The zero-order valence-electron chi connectivity index (χ0n) is 11.1. The largest absolute Gasteiger partial charge is 0.485 e. The third kappa shape index (κ3) is 4.70. The molecular formula is C12H13F2N5O2. The lowest BCUT2D eigenvalue weighted by molar-refractivity contribution is 0.141. The number of benzene rings is 1. The van der Waals surface area contributed by atoms with Gasteiger partial charge in [-0.15, -0.1) is 0 Å². The molecule has 0 aromatic heterocycles. The fraction of sp³-hybridized carbons (Fsp3) is 0.250. The molecule has 0 fully saturated rings. The molecule has 0 spiro atoms. The van der Waals surface area contributed by atoms with Crippen LogP contribution in [0.2, 0.25) is 0 Å². The predicted octanol–water partition coefficient (Wildman–Crippen LogP) is 1.22. The summed E-state index contributed by atoms with van der Waals surface area (Å²) in [4.78, 5) is 0. The molecule has 0 aliphatic rings. The van der Waals surface area contributed by atoms with E-state index in [9.17, 15) is 8.78 Å². The minimum atomic E-state index is -0.940. The maximum absolute atomic E-state index is 13.7. The van der Waals surface area contributed by atoms with Crippen molar-refractivity contribution in [3.05, 3.63) is 23.8 Å². The van der Waals surface area contributed by atoms with Crippen molar-refractivity contribution in [2.75, 3.05) is 25.7 Å². The molecule has 0 saturated carbocycles. The average Bonchev–Trinajstić information content (AvgIpc) is 2.42. The number of rotatable bonds is 7. The van der Waals surface area contributed by atoms with Gasteiger partial charge in [-0.2, -0.15) is 10.4 Å². The molecule has 0 heterocycles. The maximum atomic E-state index is 13.7. The van der Waals surface area contributed by atoms with Gasteiger partial charge in [0, 0.05) is 19.2 Å². The lowest BCUT2D eigenvalue weighted by Gasteiger charge is -2.09. The Morgan fingerprint density at radius 2 is 2.05 bits per heavy atom. The standard InChI is InChI=1S/C12H13F2N5O2/c1-20-2-3-21-11-8(13)4-7(5-9(11)14)18-19-10(6-15)12(16)17/h4-5,18H,2-3H2,1H3,(H3,16,17)/b19-10+. The van der Waals surface area contributed by atoms with Crippen molar-refractivity contribution in [3.63, 3.8) is 0 Å². The van der Waals surface area contributed by atoms with E-state index in [0.717, 1.165) is 12.1 Å². The molecule has 0 saturated heterocycles. The number of nitrogens with zero attached hydrogens (tertiary/aromatic N) is 2. The van der Waals surface area contributed by atoms with E-state index in [1.165, 1.54) is 7.11 Å². The molecular weight excluding hydrogens is 284 g/mol.